The van der Waals surface area contributed by atoms with Crippen molar-refractivity contribution < 1.29 is 32.6 Å². The molecule has 0 aliphatic heterocycles. The van der Waals surface area contributed by atoms with Crippen molar-refractivity contribution in [3.63, 3.8) is 0 Å². The summed E-state index contributed by atoms with van der Waals surface area (Å²) in [6, 6.07) is 4.64. The first-order chi connectivity index (χ1) is 13.2. The van der Waals surface area contributed by atoms with Gasteiger partial charge < -0.3 is 10.2 Å². The average Bonchev–Trinajstić information content (AvgIpc) is 3.32. The number of halogens is 1. The van der Waals surface area contributed by atoms with E-state index in [1.165, 1.54) is 0 Å². The lowest BCUT2D eigenvalue weighted by atomic mass is 10.2. The molecule has 28 heavy (non-hydrogen) atoms. The van der Waals surface area contributed by atoms with Crippen LogP contribution in [0.4, 0.5) is 4.39 Å². The third-order valence-corrected chi connectivity index (χ3v) is 5.28. The Morgan fingerprint density at radius 3 is 2.43 bits per heavy atom. The lowest BCUT2D eigenvalue weighted by molar-refractivity contribution is 0.0689. The Bertz CT molecular complexity index is 1180. The third-order valence-electron chi connectivity index (χ3n) is 3.59. The molecule has 0 aliphatic carbocycles. The molecular weight excluding hydrogens is 395 g/mol. The van der Waals surface area contributed by atoms with Crippen LogP contribution in [0.2, 0.25) is 0 Å². The zero-order chi connectivity index (χ0) is 20.5. The number of H-pyrrole nitrogens is 1. The van der Waals surface area contributed by atoms with Crippen LogP contribution in [-0.4, -0.2) is 49.5 Å². The summed E-state index contributed by atoms with van der Waals surface area (Å²) in [4.78, 5) is 26.6. The first kappa shape index (κ1) is 19.0. The van der Waals surface area contributed by atoms with Crippen molar-refractivity contribution in [2.45, 2.75) is 4.90 Å². The Labute approximate surface area is 156 Å². The van der Waals surface area contributed by atoms with E-state index in [1.54, 1.807) is 0 Å². The molecule has 3 N–H and O–H groups in total. The van der Waals surface area contributed by atoms with Gasteiger partial charge in [0.1, 0.15) is 23.6 Å². The second-order valence-corrected chi connectivity index (χ2v) is 7.22. The van der Waals surface area contributed by atoms with E-state index in [0.717, 1.165) is 48.9 Å². The minimum atomic E-state index is -4.40. The van der Waals surface area contributed by atoms with Crippen molar-refractivity contribution >= 4 is 27.5 Å². The molecule has 0 bridgehead atoms. The lowest BCUT2D eigenvalue weighted by Crippen LogP contribution is -2.17. The van der Waals surface area contributed by atoms with Crippen LogP contribution in [0, 0.1) is 5.82 Å². The molecule has 0 fully saturated rings. The summed E-state index contributed by atoms with van der Waals surface area (Å²) in [5.41, 5.74) is -0.928. The second kappa shape index (κ2) is 7.08. The number of aliphatic hydroxyl groups excluding tert-OH is 1. The highest BCUT2D eigenvalue weighted by molar-refractivity contribution is 7.90. The van der Waals surface area contributed by atoms with Gasteiger partial charge in [-0.2, -0.15) is 5.10 Å². The molecule has 3 rings (SSSR count). The number of benzene rings is 1. The fourth-order valence-electron chi connectivity index (χ4n) is 2.26. The second-order valence-electron chi connectivity index (χ2n) is 5.40. The molecule has 1 aromatic carbocycles. The van der Waals surface area contributed by atoms with Gasteiger partial charge >= 0.3 is 5.97 Å². The summed E-state index contributed by atoms with van der Waals surface area (Å²) < 4.78 is 38.9. The molecule has 3 aromatic rings. The maximum absolute atomic E-state index is 13.1. The number of carboxylic acids is 1. The van der Waals surface area contributed by atoms with Gasteiger partial charge in [0.15, 0.2) is 5.82 Å². The summed E-state index contributed by atoms with van der Waals surface area (Å²) in [6.45, 7) is 0. The number of nitrogens with zero attached hydrogens (tertiary/aromatic N) is 3. The minimum Gasteiger partial charge on any atom is -0.507 e. The number of allylic oxidation sites excluding steroid dienone is 1. The van der Waals surface area contributed by atoms with Gasteiger partial charge in [-0.25, -0.2) is 26.6 Å². The number of aromatic amines is 1. The largest absolute Gasteiger partial charge is 0.507 e. The number of carboxylic acid groups (broad SMARTS) is 1. The van der Waals surface area contributed by atoms with Gasteiger partial charge in [-0.15, -0.1) is 0 Å². The van der Waals surface area contributed by atoms with E-state index in [1.807, 2.05) is 0 Å². The van der Waals surface area contributed by atoms with E-state index >= 15 is 0 Å². The molecule has 144 valence electrons. The quantitative estimate of drug-likeness (QED) is 0.316. The number of rotatable bonds is 6. The highest BCUT2D eigenvalue weighted by Gasteiger charge is 2.25. The van der Waals surface area contributed by atoms with E-state index in [2.05, 4.69) is 15.2 Å². The first-order valence-electron chi connectivity index (χ1n) is 7.47. The van der Waals surface area contributed by atoms with Crippen LogP contribution < -0.4 is 0 Å². The molecule has 2 heterocycles. The van der Waals surface area contributed by atoms with Crippen molar-refractivity contribution in [3.8, 4) is 0 Å². The van der Waals surface area contributed by atoms with Crippen LogP contribution in [0.1, 0.15) is 26.7 Å². The van der Waals surface area contributed by atoms with Crippen molar-refractivity contribution in [1.82, 2.24) is 19.2 Å². The Morgan fingerprint density at radius 1 is 1.18 bits per heavy atom. The van der Waals surface area contributed by atoms with Gasteiger partial charge in [-0.1, -0.05) is 0 Å². The summed E-state index contributed by atoms with van der Waals surface area (Å²) in [6.07, 6.45) is 2.64. The van der Waals surface area contributed by atoms with Crippen molar-refractivity contribution in [1.29, 1.82) is 0 Å². The number of nitrogens with one attached hydrogen (secondary N) is 1. The van der Waals surface area contributed by atoms with Gasteiger partial charge in [0.25, 0.3) is 10.0 Å². The lowest BCUT2D eigenvalue weighted by Gasteiger charge is -2.08. The Hall–Kier alpha value is -3.80. The fraction of sp³-hybridized carbons (Fsp3) is 0. The van der Waals surface area contributed by atoms with Crippen molar-refractivity contribution in [3.05, 3.63) is 71.8 Å². The van der Waals surface area contributed by atoms with Gasteiger partial charge in [0.2, 0.25) is 5.78 Å². The average molecular weight is 406 g/mol. The molecule has 0 unspecified atom stereocenters. The van der Waals surface area contributed by atoms with E-state index in [9.17, 15) is 32.6 Å². The first-order valence-corrected chi connectivity index (χ1v) is 8.91. The van der Waals surface area contributed by atoms with Crippen LogP contribution in [0.5, 0.6) is 0 Å². The number of aromatic nitrogens is 4. The molecule has 0 amide bonds. The molecule has 0 saturated carbocycles. The summed E-state index contributed by atoms with van der Waals surface area (Å²) >= 11 is 0. The number of hydrogen-bond acceptors (Lipinski definition) is 7. The third kappa shape index (κ3) is 3.53. The molecular formula is C16H11FN4O6S. The number of aromatic carboxylic acids is 1. The Morgan fingerprint density at radius 2 is 1.86 bits per heavy atom. The summed E-state index contributed by atoms with van der Waals surface area (Å²) in [5, 5.41) is 25.2. The van der Waals surface area contributed by atoms with Crippen LogP contribution >= 0.6 is 0 Å². The molecule has 0 radical (unpaired) electrons. The number of carbonyl (C=O) groups excluding carboxylic acids is 1. The van der Waals surface area contributed by atoms with E-state index in [-0.39, 0.29) is 16.3 Å². The maximum Gasteiger partial charge on any atom is 0.353 e. The number of ketones is 1. The Kier molecular flexibility index (Phi) is 4.79. The zero-order valence-electron chi connectivity index (χ0n) is 13.8. The van der Waals surface area contributed by atoms with Gasteiger partial charge in [0.05, 0.1) is 4.90 Å². The van der Waals surface area contributed by atoms with Crippen LogP contribution in [-0.2, 0) is 10.0 Å². The topological polar surface area (TPSA) is 155 Å². The molecule has 0 aliphatic rings. The molecule has 10 nitrogen and oxygen atoms in total. The minimum absolute atomic E-state index is 0.177. The van der Waals surface area contributed by atoms with Crippen molar-refractivity contribution in [2.75, 3.05) is 0 Å². The molecule has 0 atom stereocenters. The van der Waals surface area contributed by atoms with Crippen molar-refractivity contribution in [2.24, 2.45) is 0 Å². The predicted octanol–water partition coefficient (Wildman–Crippen LogP) is 1.46. The zero-order valence-corrected chi connectivity index (χ0v) is 14.6. The number of hydrogen-bond donors (Lipinski definition) is 3. The van der Waals surface area contributed by atoms with Gasteiger partial charge in [-0.3, -0.25) is 9.89 Å². The smallest absolute Gasteiger partial charge is 0.353 e. The molecule has 2 aromatic heterocycles. The fourth-order valence-corrected chi connectivity index (χ4v) is 3.61. The monoisotopic (exact) mass is 406 g/mol. The van der Waals surface area contributed by atoms with Gasteiger partial charge in [-0.05, 0) is 30.3 Å². The number of carbonyl (C=O) groups is 2. The van der Waals surface area contributed by atoms with Crippen LogP contribution in [0.25, 0.3) is 5.76 Å². The highest BCUT2D eigenvalue weighted by Crippen LogP contribution is 2.22. The van der Waals surface area contributed by atoms with E-state index < -0.39 is 39.0 Å². The SMILES string of the molecule is O=C(C=C(O)c1cc(C(=O)O)n(S(=O)(=O)c2ccc(F)cc2)c1)c1ncn[nH]1. The summed E-state index contributed by atoms with van der Waals surface area (Å²) in [5.74, 6) is -3.88. The molecule has 0 spiro atoms. The standard InChI is InChI=1S/C16H11FN4O6S/c17-10-1-3-11(4-2-10)28(26,27)21-7-9(5-12(21)16(24)25)13(22)6-14(23)15-18-8-19-20-15/h1-8,22H,(H,24,25)(H,18,19,20). The van der Waals surface area contributed by atoms with E-state index in [0.29, 0.717) is 3.97 Å². The molecule has 0 saturated heterocycles. The molecule has 12 heteroatoms. The highest BCUT2D eigenvalue weighted by atomic mass is 32.2. The number of aliphatic hydroxyl groups is 1. The van der Waals surface area contributed by atoms with Crippen LogP contribution in [0.3, 0.4) is 0 Å². The summed E-state index contributed by atoms with van der Waals surface area (Å²) in [7, 11) is -4.40. The van der Waals surface area contributed by atoms with Gasteiger partial charge in [0, 0.05) is 17.8 Å². The maximum atomic E-state index is 13.1. The Balaban J connectivity index is 2.06. The normalized spacial score (nSPS) is 12.1. The predicted molar refractivity (Wildman–Crippen MR) is 91.7 cm³/mol. The van der Waals surface area contributed by atoms with Crippen LogP contribution in [0.15, 0.2) is 53.8 Å². The van der Waals surface area contributed by atoms with E-state index in [4.69, 9.17) is 0 Å².